The predicted molar refractivity (Wildman–Crippen MR) is 137 cm³/mol. The molecule has 0 N–H and O–H groups in total. The molecule has 0 aromatic heterocycles. The van der Waals surface area contributed by atoms with Crippen LogP contribution in [0.1, 0.15) is 19.4 Å². The quantitative estimate of drug-likeness (QED) is 0.287. The number of rotatable bonds is 7. The molecule has 180 valence electrons. The molecule has 0 bridgehead atoms. The van der Waals surface area contributed by atoms with Crippen LogP contribution in [0.5, 0.6) is 11.5 Å². The van der Waals surface area contributed by atoms with Gasteiger partial charge >= 0.3 is 0 Å². The van der Waals surface area contributed by atoms with Gasteiger partial charge in [0.1, 0.15) is 11.5 Å². The monoisotopic (exact) mass is 506 g/mol. The molecule has 0 atom stereocenters. The summed E-state index contributed by atoms with van der Waals surface area (Å²) in [4.78, 5) is 0.613. The number of aryl methyl sites for hydroxylation is 1. The van der Waals surface area contributed by atoms with E-state index in [2.05, 4.69) is 0 Å². The Balaban J connectivity index is 1.52. The molecular weight excluding hydrogens is 480 g/mol. The Labute approximate surface area is 206 Å². The molecule has 0 saturated heterocycles. The van der Waals surface area contributed by atoms with Gasteiger partial charge in [0, 0.05) is 0 Å². The van der Waals surface area contributed by atoms with Gasteiger partial charge < -0.3 is 4.74 Å². The van der Waals surface area contributed by atoms with Crippen LogP contribution in [-0.4, -0.2) is 22.1 Å². The summed E-state index contributed by atoms with van der Waals surface area (Å²) in [5.41, 5.74) is 2.72. The first-order valence-electron chi connectivity index (χ1n) is 11.1. The van der Waals surface area contributed by atoms with E-state index in [9.17, 15) is 16.8 Å². The highest BCUT2D eigenvalue weighted by molar-refractivity contribution is 7.92. The fraction of sp³-hybridized carbons (Fsp3) is 0.143. The molecule has 35 heavy (non-hydrogen) atoms. The highest BCUT2D eigenvalue weighted by Crippen LogP contribution is 2.29. The number of sulfone groups is 2. The summed E-state index contributed by atoms with van der Waals surface area (Å²) in [6.45, 7) is 5.28. The third-order valence-electron chi connectivity index (χ3n) is 5.69. The van der Waals surface area contributed by atoms with Crippen LogP contribution in [0.3, 0.4) is 0 Å². The zero-order chi connectivity index (χ0) is 25.2. The minimum atomic E-state index is -3.70. The summed E-state index contributed by atoms with van der Waals surface area (Å²) in [6.07, 6.45) is 0. The van der Waals surface area contributed by atoms with Gasteiger partial charge in [-0.05, 0) is 92.6 Å². The largest absolute Gasteiger partial charge is 0.457 e. The van der Waals surface area contributed by atoms with E-state index in [1.54, 1.807) is 74.5 Å². The van der Waals surface area contributed by atoms with Crippen molar-refractivity contribution in [3.63, 3.8) is 0 Å². The molecule has 0 aliphatic rings. The summed E-state index contributed by atoms with van der Waals surface area (Å²) < 4.78 is 56.6. The summed E-state index contributed by atoms with van der Waals surface area (Å²) in [5.74, 6) is 1.22. The van der Waals surface area contributed by atoms with Crippen LogP contribution in [0.2, 0.25) is 0 Å². The summed E-state index contributed by atoms with van der Waals surface area (Å²) >= 11 is 0. The van der Waals surface area contributed by atoms with Gasteiger partial charge in [0.15, 0.2) is 9.84 Å². The molecule has 5 nitrogen and oxygen atoms in total. The normalized spacial score (nSPS) is 12.0. The van der Waals surface area contributed by atoms with Gasteiger partial charge in [-0.1, -0.05) is 42.0 Å². The lowest BCUT2D eigenvalue weighted by Gasteiger charge is -2.10. The molecule has 0 radical (unpaired) electrons. The number of hydrogen-bond donors (Lipinski definition) is 0. The third kappa shape index (κ3) is 5.31. The van der Waals surface area contributed by atoms with Crippen LogP contribution >= 0.6 is 0 Å². The van der Waals surface area contributed by atoms with Crippen molar-refractivity contribution in [2.75, 3.05) is 0 Å². The maximum Gasteiger partial charge on any atom is 0.206 e. The van der Waals surface area contributed by atoms with E-state index >= 15 is 0 Å². The first-order valence-corrected chi connectivity index (χ1v) is 14.1. The molecule has 0 aliphatic carbocycles. The number of ether oxygens (including phenoxy) is 1. The average molecular weight is 507 g/mol. The summed E-state index contributed by atoms with van der Waals surface area (Å²) in [5, 5.41) is -0.499. The predicted octanol–water partition coefficient (Wildman–Crippen LogP) is 6.47. The first kappa shape index (κ1) is 24.7. The topological polar surface area (TPSA) is 77.5 Å². The van der Waals surface area contributed by atoms with E-state index in [0.29, 0.717) is 11.5 Å². The van der Waals surface area contributed by atoms with E-state index in [4.69, 9.17) is 4.74 Å². The van der Waals surface area contributed by atoms with Crippen LogP contribution in [0.4, 0.5) is 0 Å². The molecule has 0 amide bonds. The van der Waals surface area contributed by atoms with Crippen molar-refractivity contribution in [2.24, 2.45) is 0 Å². The van der Waals surface area contributed by atoms with E-state index in [0.717, 1.165) is 16.7 Å². The standard InChI is InChI=1S/C28H26O5S2/c1-20(2)34(29,30)26-14-6-22(7-15-26)23-8-16-27(17-9-23)35(31,32)28-18-12-25(13-19-28)33-24-10-4-21(3)5-11-24/h4-20H,1-3H3. The molecule has 0 spiro atoms. The molecule has 0 saturated carbocycles. The van der Waals surface area contributed by atoms with E-state index < -0.39 is 24.9 Å². The summed E-state index contributed by atoms with van der Waals surface area (Å²) in [6, 6.07) is 27.1. The van der Waals surface area contributed by atoms with Gasteiger partial charge in [-0.25, -0.2) is 16.8 Å². The van der Waals surface area contributed by atoms with Gasteiger partial charge in [0.2, 0.25) is 9.84 Å². The second kappa shape index (κ2) is 9.68. The number of benzene rings is 4. The fourth-order valence-corrected chi connectivity index (χ4v) is 5.82. The maximum atomic E-state index is 13.1. The van der Waals surface area contributed by atoms with Gasteiger partial charge in [-0.2, -0.15) is 0 Å². The Morgan fingerprint density at radius 3 is 1.34 bits per heavy atom. The van der Waals surface area contributed by atoms with Crippen molar-refractivity contribution in [2.45, 2.75) is 40.7 Å². The molecule has 0 fully saturated rings. The van der Waals surface area contributed by atoms with Crippen LogP contribution < -0.4 is 4.74 Å². The van der Waals surface area contributed by atoms with Crippen molar-refractivity contribution in [3.05, 3.63) is 103 Å². The Morgan fingerprint density at radius 1 is 0.543 bits per heavy atom. The second-order valence-corrected chi connectivity index (χ2v) is 13.0. The first-order chi connectivity index (χ1) is 16.6. The smallest absolute Gasteiger partial charge is 0.206 e. The minimum Gasteiger partial charge on any atom is -0.457 e. The Morgan fingerprint density at radius 2 is 0.914 bits per heavy atom. The van der Waals surface area contributed by atoms with Gasteiger partial charge in [0.05, 0.1) is 19.9 Å². The Bertz CT molecular complexity index is 1520. The minimum absolute atomic E-state index is 0.171. The van der Waals surface area contributed by atoms with Crippen LogP contribution in [0.15, 0.2) is 112 Å². The van der Waals surface area contributed by atoms with E-state index in [1.807, 2.05) is 31.2 Å². The Kier molecular flexibility index (Phi) is 6.83. The second-order valence-electron chi connectivity index (χ2n) is 8.53. The SMILES string of the molecule is Cc1ccc(Oc2ccc(S(=O)(=O)c3ccc(-c4ccc(S(=O)(=O)C(C)C)cc4)cc3)cc2)cc1. The Hall–Kier alpha value is -3.42. The lowest BCUT2D eigenvalue weighted by molar-refractivity contribution is 0.482. The zero-order valence-corrected chi connectivity index (χ0v) is 21.3. The molecule has 0 aliphatic heterocycles. The molecule has 4 aromatic rings. The summed E-state index contributed by atoms with van der Waals surface area (Å²) in [7, 11) is -7.05. The maximum absolute atomic E-state index is 13.1. The van der Waals surface area contributed by atoms with Crippen molar-refractivity contribution in [1.82, 2.24) is 0 Å². The molecule has 7 heteroatoms. The van der Waals surface area contributed by atoms with Crippen LogP contribution in [0, 0.1) is 6.92 Å². The van der Waals surface area contributed by atoms with E-state index in [1.165, 1.54) is 12.1 Å². The lowest BCUT2D eigenvalue weighted by atomic mass is 10.1. The average Bonchev–Trinajstić information content (AvgIpc) is 2.86. The fourth-order valence-electron chi connectivity index (χ4n) is 3.50. The number of hydrogen-bond acceptors (Lipinski definition) is 5. The van der Waals surface area contributed by atoms with Gasteiger partial charge in [-0.3, -0.25) is 0 Å². The van der Waals surface area contributed by atoms with Gasteiger partial charge in [-0.15, -0.1) is 0 Å². The zero-order valence-electron chi connectivity index (χ0n) is 19.7. The van der Waals surface area contributed by atoms with Crippen molar-refractivity contribution >= 4 is 19.7 Å². The highest BCUT2D eigenvalue weighted by atomic mass is 32.2. The molecule has 4 rings (SSSR count). The molecular formula is C28H26O5S2. The molecule has 0 heterocycles. The lowest BCUT2D eigenvalue weighted by Crippen LogP contribution is -2.13. The highest BCUT2D eigenvalue weighted by Gasteiger charge is 2.20. The molecule has 0 unspecified atom stereocenters. The van der Waals surface area contributed by atoms with E-state index in [-0.39, 0.29) is 14.7 Å². The van der Waals surface area contributed by atoms with Crippen LogP contribution in [0.25, 0.3) is 11.1 Å². The van der Waals surface area contributed by atoms with Crippen molar-refractivity contribution in [3.8, 4) is 22.6 Å². The third-order valence-corrected chi connectivity index (χ3v) is 9.65. The van der Waals surface area contributed by atoms with Crippen molar-refractivity contribution in [1.29, 1.82) is 0 Å². The van der Waals surface area contributed by atoms with Crippen molar-refractivity contribution < 1.29 is 21.6 Å². The van der Waals surface area contributed by atoms with Gasteiger partial charge in [0.25, 0.3) is 0 Å². The van der Waals surface area contributed by atoms with Crippen LogP contribution in [-0.2, 0) is 19.7 Å². The molecule has 4 aromatic carbocycles.